The summed E-state index contributed by atoms with van der Waals surface area (Å²) in [4.78, 5) is 40.7. The number of aryl methyl sites for hydroxylation is 1. The van der Waals surface area contributed by atoms with E-state index < -0.39 is 83.7 Å². The number of benzene rings is 1. The molecule has 2 aromatic rings. The maximum atomic E-state index is 13.9. The number of carbonyl (C=O) groups excluding carboxylic acids is 3. The van der Waals surface area contributed by atoms with Crippen LogP contribution in [0.15, 0.2) is 30.5 Å². The van der Waals surface area contributed by atoms with Gasteiger partial charge in [-0.05, 0) is 72.4 Å². The molecule has 3 heterocycles. The molecule has 1 aromatic heterocycles. The number of nitrogens with one attached hydrogen (secondary N) is 1. The minimum atomic E-state index is -1.95. The second kappa shape index (κ2) is 23.2. The van der Waals surface area contributed by atoms with E-state index in [2.05, 4.69) is 15.2 Å². The number of amides is 1. The largest absolute Gasteiger partial charge is 0.459 e. The molecule has 0 aliphatic carbocycles. The molecule has 0 spiro atoms. The maximum Gasteiger partial charge on any atom is 0.311 e. The Balaban J connectivity index is 1.48. The zero-order chi connectivity index (χ0) is 46.8. The summed E-state index contributed by atoms with van der Waals surface area (Å²) in [5.74, 6) is -5.13. The lowest BCUT2D eigenvalue weighted by atomic mass is 9.74. The Morgan fingerprint density at radius 3 is 2.27 bits per heavy atom. The van der Waals surface area contributed by atoms with Gasteiger partial charge < -0.3 is 39.4 Å². The van der Waals surface area contributed by atoms with Crippen LogP contribution in [0.4, 0.5) is 0 Å². The molecular weight excluding hydrogens is 815 g/mol. The van der Waals surface area contributed by atoms with Crippen molar-refractivity contribution in [2.75, 3.05) is 14.2 Å². The highest BCUT2D eigenvalue weighted by atomic mass is 16.7. The van der Waals surface area contributed by atoms with Crippen molar-refractivity contribution in [3.05, 3.63) is 36.0 Å². The van der Waals surface area contributed by atoms with Crippen molar-refractivity contribution in [3.8, 4) is 11.3 Å². The number of nitrogens with zero attached hydrogens (tertiary/aromatic N) is 4. The number of aromatic nitrogens is 3. The second-order valence-corrected chi connectivity index (χ2v) is 18.7. The normalized spacial score (nSPS) is 35.0. The summed E-state index contributed by atoms with van der Waals surface area (Å²) in [6, 6.07) is 7.63. The van der Waals surface area contributed by atoms with Crippen LogP contribution in [-0.4, -0.2) is 138 Å². The molecule has 0 radical (unpaired) electrons. The molecule has 0 bridgehead atoms. The zero-order valence-electron chi connectivity index (χ0n) is 39.0. The van der Waals surface area contributed by atoms with Crippen LogP contribution < -0.4 is 5.48 Å². The molecule has 2 fully saturated rings. The van der Waals surface area contributed by atoms with Crippen molar-refractivity contribution in [1.82, 2.24) is 25.4 Å². The van der Waals surface area contributed by atoms with E-state index in [0.29, 0.717) is 19.4 Å². The van der Waals surface area contributed by atoms with E-state index in [1.54, 1.807) is 33.2 Å². The predicted molar refractivity (Wildman–Crippen MR) is 233 cm³/mol. The van der Waals surface area contributed by atoms with E-state index >= 15 is 0 Å². The Morgan fingerprint density at radius 2 is 1.63 bits per heavy atom. The number of esters is 1. The Labute approximate surface area is 372 Å². The highest BCUT2D eigenvalue weighted by Crippen LogP contribution is 2.39. The number of carbonyl (C=O) groups is 3. The van der Waals surface area contributed by atoms with E-state index in [0.717, 1.165) is 55.5 Å². The molecular formula is C46H75N5O12. The number of unbranched alkanes of at least 4 members (excludes halogenated alkanes) is 4. The Bertz CT molecular complexity index is 1760. The molecule has 1 amide bonds. The van der Waals surface area contributed by atoms with Gasteiger partial charge in [-0.15, -0.1) is 5.10 Å². The molecule has 17 nitrogen and oxygen atoms in total. The average molecular weight is 890 g/mol. The van der Waals surface area contributed by atoms with Gasteiger partial charge in [-0.2, -0.15) is 0 Å². The van der Waals surface area contributed by atoms with Gasteiger partial charge in [0.1, 0.15) is 29.3 Å². The fraction of sp³-hybridized carbons (Fsp3) is 0.761. The van der Waals surface area contributed by atoms with Crippen LogP contribution in [0.5, 0.6) is 0 Å². The van der Waals surface area contributed by atoms with Crippen molar-refractivity contribution in [1.29, 1.82) is 0 Å². The summed E-state index contributed by atoms with van der Waals surface area (Å²) < 4.78 is 26.7. The van der Waals surface area contributed by atoms with Crippen LogP contribution in [0.1, 0.15) is 119 Å². The lowest BCUT2D eigenvalue weighted by Crippen LogP contribution is -2.60. The van der Waals surface area contributed by atoms with Crippen LogP contribution in [0, 0.1) is 23.7 Å². The first-order valence-corrected chi connectivity index (χ1v) is 22.7. The molecule has 63 heavy (non-hydrogen) atoms. The number of methoxy groups -OCH3 is 1. The van der Waals surface area contributed by atoms with Crippen molar-refractivity contribution >= 4 is 17.7 Å². The first kappa shape index (κ1) is 52.2. The van der Waals surface area contributed by atoms with E-state index in [1.165, 1.54) is 27.9 Å². The minimum absolute atomic E-state index is 0.0871. The lowest BCUT2D eigenvalue weighted by molar-refractivity contribution is -0.302. The number of likely N-dealkylation sites (N-methyl/N-ethyl adjacent to an activating group) is 1. The quantitative estimate of drug-likeness (QED) is 0.0600. The molecule has 2 aliphatic rings. The number of aliphatic hydroxyl groups excluding tert-OH is 3. The molecule has 0 saturated carbocycles. The standard InChI is InChI=1S/C46H75N5O12/c1-11-36-46(8,58)41(56)29(4)38(53)27(2)24-45(7,60-10)42(30(5)39(54)31(6)43(57)62-36)63-44-40(55)35(23-28(3)61-44)50(9)25-32-18-20-33(21-19-32)34-26-51(49-47-34)22-16-14-12-13-15-17-37(52)48-59/h18-21,26-31,35-36,39-42,44,54-56,58-59H,11-17,22-25H2,1-10H3,(H,48,52)/t27-,28-,29+,30+,31-,35+,36-,39+,40-,41-,42-,44+,45-,46-/m1/s1. The van der Waals surface area contributed by atoms with Crippen LogP contribution in [0.25, 0.3) is 11.3 Å². The molecule has 4 rings (SSSR count). The Hall–Kier alpha value is -3.39. The summed E-state index contributed by atoms with van der Waals surface area (Å²) in [5.41, 5.74) is 1.12. The third-order valence-electron chi connectivity index (χ3n) is 13.6. The highest BCUT2D eigenvalue weighted by molar-refractivity contribution is 5.83. The van der Waals surface area contributed by atoms with Gasteiger partial charge in [0.15, 0.2) is 6.29 Å². The third kappa shape index (κ3) is 13.1. The predicted octanol–water partition coefficient (Wildman–Crippen LogP) is 4.19. The summed E-state index contributed by atoms with van der Waals surface area (Å²) in [6.45, 7) is 14.4. The number of Topliss-reactive ketones (excluding diaryl/α,β-unsaturated/α-hetero) is 1. The number of hydrogen-bond donors (Lipinski definition) is 6. The SMILES string of the molecule is CC[C@H]1OC(=O)[C@H](C)[C@@H](O)[C@H](C)[C@@H](O[C@@H]2O[C@H](C)C[C@H](N(C)Cc3ccc(-c4cn(CCCCCCCC(=O)NO)nn4)cc3)[C@H]2O)[C@](C)(OC)C[C@@H](C)C(=O)[C@H](C)[C@@H](O)[C@]1(C)O. The van der Waals surface area contributed by atoms with Crippen LogP contribution in [-0.2, 0) is 46.4 Å². The number of hydroxylamine groups is 1. The number of ketones is 1. The minimum Gasteiger partial charge on any atom is -0.459 e. The van der Waals surface area contributed by atoms with E-state index in [4.69, 9.17) is 24.2 Å². The highest BCUT2D eigenvalue weighted by Gasteiger charge is 2.52. The van der Waals surface area contributed by atoms with Gasteiger partial charge in [0, 0.05) is 56.0 Å². The van der Waals surface area contributed by atoms with Gasteiger partial charge in [-0.1, -0.05) is 76.4 Å². The van der Waals surface area contributed by atoms with Gasteiger partial charge in [0.25, 0.3) is 0 Å². The summed E-state index contributed by atoms with van der Waals surface area (Å²) in [5, 5.41) is 63.8. The van der Waals surface area contributed by atoms with Gasteiger partial charge in [0.05, 0.1) is 42.1 Å². The van der Waals surface area contributed by atoms with E-state index in [-0.39, 0.29) is 30.6 Å². The van der Waals surface area contributed by atoms with Gasteiger partial charge in [-0.25, -0.2) is 5.48 Å². The maximum absolute atomic E-state index is 13.9. The number of rotatable bonds is 16. The van der Waals surface area contributed by atoms with Crippen molar-refractivity contribution in [3.63, 3.8) is 0 Å². The average Bonchev–Trinajstić information content (AvgIpc) is 3.74. The van der Waals surface area contributed by atoms with Gasteiger partial charge in [0.2, 0.25) is 5.91 Å². The van der Waals surface area contributed by atoms with Crippen LogP contribution in [0.3, 0.4) is 0 Å². The first-order chi connectivity index (χ1) is 29.7. The number of ether oxygens (including phenoxy) is 4. The first-order valence-electron chi connectivity index (χ1n) is 22.7. The molecule has 2 aliphatic heterocycles. The molecule has 2 saturated heterocycles. The number of aliphatic hydroxyl groups is 4. The summed E-state index contributed by atoms with van der Waals surface area (Å²) in [6.07, 6.45) is -0.170. The van der Waals surface area contributed by atoms with Crippen molar-refractivity contribution in [2.45, 2.75) is 186 Å². The molecule has 14 atom stereocenters. The fourth-order valence-corrected chi connectivity index (χ4v) is 9.38. The van der Waals surface area contributed by atoms with Crippen LogP contribution >= 0.6 is 0 Å². The molecule has 6 N–H and O–H groups in total. The Morgan fingerprint density at radius 1 is 0.984 bits per heavy atom. The third-order valence-corrected chi connectivity index (χ3v) is 13.6. The molecule has 1 aromatic carbocycles. The number of cyclic esters (lactones) is 1. The van der Waals surface area contributed by atoms with Gasteiger partial charge >= 0.3 is 5.97 Å². The second-order valence-electron chi connectivity index (χ2n) is 18.7. The Kier molecular flexibility index (Phi) is 19.2. The fourth-order valence-electron chi connectivity index (χ4n) is 9.38. The van der Waals surface area contributed by atoms with E-state index in [1.807, 2.05) is 49.1 Å². The zero-order valence-corrected chi connectivity index (χ0v) is 39.0. The topological polar surface area (TPSA) is 235 Å². The van der Waals surface area contributed by atoms with E-state index in [9.17, 15) is 34.8 Å². The van der Waals surface area contributed by atoms with Crippen molar-refractivity contribution < 1.29 is 59.0 Å². The monoisotopic (exact) mass is 890 g/mol. The smallest absolute Gasteiger partial charge is 0.311 e. The number of hydrogen-bond acceptors (Lipinski definition) is 15. The van der Waals surface area contributed by atoms with Crippen molar-refractivity contribution in [2.24, 2.45) is 23.7 Å². The summed E-state index contributed by atoms with van der Waals surface area (Å²) in [7, 11) is 3.41. The van der Waals surface area contributed by atoms with Crippen LogP contribution in [0.2, 0.25) is 0 Å². The molecule has 0 unspecified atom stereocenters. The molecule has 356 valence electrons. The lowest BCUT2D eigenvalue weighted by Gasteiger charge is -2.48. The summed E-state index contributed by atoms with van der Waals surface area (Å²) >= 11 is 0. The molecule has 17 heteroatoms. The van der Waals surface area contributed by atoms with Gasteiger partial charge in [-0.3, -0.25) is 29.2 Å².